The fraction of sp³-hybridized carbons (Fsp3) is 1.00. The van der Waals surface area contributed by atoms with Gasteiger partial charge in [-0.2, -0.15) is 11.8 Å². The standard InChI is InChI=1S/C14H26N2S/c1-16(13-6-7-17-10-13)9-12-8-11-4-2-3-5-14(11)15-12/h11-15H,2-10H2,1H3. The average molecular weight is 254 g/mol. The van der Waals surface area contributed by atoms with Crippen LogP contribution < -0.4 is 5.32 Å². The summed E-state index contributed by atoms with van der Waals surface area (Å²) in [7, 11) is 2.33. The van der Waals surface area contributed by atoms with Gasteiger partial charge in [0.1, 0.15) is 0 Å². The predicted molar refractivity (Wildman–Crippen MR) is 75.6 cm³/mol. The average Bonchev–Trinajstić information content (AvgIpc) is 2.97. The van der Waals surface area contributed by atoms with Crippen LogP contribution in [0.3, 0.4) is 0 Å². The molecule has 4 unspecified atom stereocenters. The molecule has 0 bridgehead atoms. The smallest absolute Gasteiger partial charge is 0.0200 e. The van der Waals surface area contributed by atoms with Gasteiger partial charge in [0.2, 0.25) is 0 Å². The summed E-state index contributed by atoms with van der Waals surface area (Å²) < 4.78 is 0. The maximum absolute atomic E-state index is 3.90. The van der Waals surface area contributed by atoms with Crippen molar-refractivity contribution in [3.8, 4) is 0 Å². The summed E-state index contributed by atoms with van der Waals surface area (Å²) in [6, 6.07) is 2.49. The second-order valence-corrected chi connectivity index (χ2v) is 7.36. The lowest BCUT2D eigenvalue weighted by Gasteiger charge is -2.27. The van der Waals surface area contributed by atoms with Crippen molar-refractivity contribution in [2.24, 2.45) is 5.92 Å². The first kappa shape index (κ1) is 12.3. The minimum Gasteiger partial charge on any atom is -0.310 e. The third-order valence-corrected chi connectivity index (χ3v) is 6.13. The largest absolute Gasteiger partial charge is 0.310 e. The number of nitrogens with one attached hydrogen (secondary N) is 1. The van der Waals surface area contributed by atoms with Crippen molar-refractivity contribution in [3.05, 3.63) is 0 Å². The number of thioether (sulfide) groups is 1. The first-order valence-corrected chi connectivity index (χ1v) is 8.52. The zero-order valence-electron chi connectivity index (χ0n) is 11.0. The van der Waals surface area contributed by atoms with Gasteiger partial charge in [-0.05, 0) is 44.4 Å². The van der Waals surface area contributed by atoms with Crippen molar-refractivity contribution in [2.75, 3.05) is 25.1 Å². The molecule has 2 heterocycles. The fourth-order valence-electron chi connectivity index (χ4n) is 3.94. The Morgan fingerprint density at radius 2 is 2.12 bits per heavy atom. The monoisotopic (exact) mass is 254 g/mol. The van der Waals surface area contributed by atoms with Crippen LogP contribution in [0.2, 0.25) is 0 Å². The van der Waals surface area contributed by atoms with Crippen molar-refractivity contribution in [2.45, 2.75) is 56.7 Å². The number of fused-ring (bicyclic) bond motifs is 1. The normalized spacial score (nSPS) is 42.0. The Bertz CT molecular complexity index is 239. The molecule has 0 radical (unpaired) electrons. The highest BCUT2D eigenvalue weighted by Crippen LogP contribution is 2.33. The van der Waals surface area contributed by atoms with Gasteiger partial charge in [-0.3, -0.25) is 0 Å². The van der Waals surface area contributed by atoms with Crippen LogP contribution in [0.15, 0.2) is 0 Å². The van der Waals surface area contributed by atoms with Crippen LogP contribution in [0.5, 0.6) is 0 Å². The topological polar surface area (TPSA) is 15.3 Å². The Kier molecular flexibility index (Phi) is 3.98. The number of rotatable bonds is 3. The van der Waals surface area contributed by atoms with Crippen LogP contribution in [0.25, 0.3) is 0 Å². The van der Waals surface area contributed by atoms with Gasteiger partial charge in [0, 0.05) is 30.4 Å². The molecule has 0 aromatic rings. The van der Waals surface area contributed by atoms with Crippen molar-refractivity contribution in [3.63, 3.8) is 0 Å². The summed E-state index contributed by atoms with van der Waals surface area (Å²) >= 11 is 2.13. The van der Waals surface area contributed by atoms with Gasteiger partial charge in [0.25, 0.3) is 0 Å². The van der Waals surface area contributed by atoms with Crippen molar-refractivity contribution >= 4 is 11.8 Å². The highest BCUT2D eigenvalue weighted by atomic mass is 32.2. The van der Waals surface area contributed by atoms with E-state index in [1.165, 1.54) is 56.6 Å². The summed E-state index contributed by atoms with van der Waals surface area (Å²) in [4.78, 5) is 2.62. The molecule has 4 atom stereocenters. The number of nitrogens with zero attached hydrogens (tertiary/aromatic N) is 1. The van der Waals surface area contributed by atoms with Crippen LogP contribution in [-0.2, 0) is 0 Å². The van der Waals surface area contributed by atoms with Gasteiger partial charge in [0.05, 0.1) is 0 Å². The Labute approximate surface area is 110 Å². The molecule has 98 valence electrons. The Morgan fingerprint density at radius 3 is 2.88 bits per heavy atom. The molecule has 2 saturated heterocycles. The van der Waals surface area contributed by atoms with Gasteiger partial charge in [-0.1, -0.05) is 12.8 Å². The van der Waals surface area contributed by atoms with Crippen molar-refractivity contribution < 1.29 is 0 Å². The minimum absolute atomic E-state index is 0.777. The molecule has 0 aromatic carbocycles. The van der Waals surface area contributed by atoms with Crippen LogP contribution in [0.1, 0.15) is 38.5 Å². The molecular weight excluding hydrogens is 228 g/mol. The van der Waals surface area contributed by atoms with Crippen LogP contribution in [0, 0.1) is 5.92 Å². The number of hydrogen-bond acceptors (Lipinski definition) is 3. The minimum atomic E-state index is 0.777. The molecule has 0 amide bonds. The zero-order valence-corrected chi connectivity index (χ0v) is 11.8. The lowest BCUT2D eigenvalue weighted by molar-refractivity contribution is 0.237. The molecule has 0 spiro atoms. The molecular formula is C14H26N2S. The quantitative estimate of drug-likeness (QED) is 0.832. The Balaban J connectivity index is 1.49. The Hall–Kier alpha value is 0.270. The number of hydrogen-bond donors (Lipinski definition) is 1. The lowest BCUT2D eigenvalue weighted by Crippen LogP contribution is -2.43. The van der Waals surface area contributed by atoms with E-state index in [2.05, 4.69) is 29.0 Å². The molecule has 2 aliphatic heterocycles. The third kappa shape index (κ3) is 2.82. The third-order valence-electron chi connectivity index (χ3n) is 4.98. The van der Waals surface area contributed by atoms with E-state index in [1.54, 1.807) is 0 Å². The van der Waals surface area contributed by atoms with Gasteiger partial charge < -0.3 is 10.2 Å². The first-order valence-electron chi connectivity index (χ1n) is 7.37. The van der Waals surface area contributed by atoms with Gasteiger partial charge >= 0.3 is 0 Å². The van der Waals surface area contributed by atoms with E-state index in [4.69, 9.17) is 0 Å². The molecule has 2 nitrogen and oxygen atoms in total. The van der Waals surface area contributed by atoms with E-state index in [1.807, 2.05) is 0 Å². The summed E-state index contributed by atoms with van der Waals surface area (Å²) in [5.41, 5.74) is 0. The maximum Gasteiger partial charge on any atom is 0.0200 e. The van der Waals surface area contributed by atoms with E-state index in [9.17, 15) is 0 Å². The van der Waals surface area contributed by atoms with Crippen LogP contribution >= 0.6 is 11.8 Å². The van der Waals surface area contributed by atoms with Crippen molar-refractivity contribution in [1.82, 2.24) is 10.2 Å². The number of likely N-dealkylation sites (N-methyl/N-ethyl adjacent to an activating group) is 1. The highest BCUT2D eigenvalue weighted by Gasteiger charge is 2.36. The van der Waals surface area contributed by atoms with Gasteiger partial charge in [0.15, 0.2) is 0 Å². The predicted octanol–water partition coefficient (Wildman–Crippen LogP) is 2.34. The summed E-state index contributed by atoms with van der Waals surface area (Å²) in [6.07, 6.45) is 8.69. The molecule has 3 aliphatic rings. The fourth-order valence-corrected chi connectivity index (χ4v) is 5.24. The molecule has 1 N–H and O–H groups in total. The van der Waals surface area contributed by atoms with E-state index in [0.29, 0.717) is 0 Å². The summed E-state index contributed by atoms with van der Waals surface area (Å²) in [5.74, 6) is 3.73. The molecule has 3 fully saturated rings. The molecule has 3 heteroatoms. The molecule has 17 heavy (non-hydrogen) atoms. The lowest BCUT2D eigenvalue weighted by atomic mass is 9.85. The van der Waals surface area contributed by atoms with E-state index >= 15 is 0 Å². The molecule has 1 saturated carbocycles. The van der Waals surface area contributed by atoms with E-state index < -0.39 is 0 Å². The van der Waals surface area contributed by atoms with Gasteiger partial charge in [-0.15, -0.1) is 0 Å². The van der Waals surface area contributed by atoms with Gasteiger partial charge in [-0.25, -0.2) is 0 Å². The van der Waals surface area contributed by atoms with E-state index in [-0.39, 0.29) is 0 Å². The van der Waals surface area contributed by atoms with Crippen molar-refractivity contribution in [1.29, 1.82) is 0 Å². The highest BCUT2D eigenvalue weighted by molar-refractivity contribution is 7.99. The summed E-state index contributed by atoms with van der Waals surface area (Å²) in [5, 5.41) is 3.90. The molecule has 3 rings (SSSR count). The maximum atomic E-state index is 3.90. The first-order chi connectivity index (χ1) is 8.33. The van der Waals surface area contributed by atoms with Crippen LogP contribution in [0.4, 0.5) is 0 Å². The molecule has 0 aromatic heterocycles. The summed E-state index contributed by atoms with van der Waals surface area (Å²) in [6.45, 7) is 1.28. The SMILES string of the molecule is CN(CC1CC2CCCCC2N1)C1CCSC1. The Morgan fingerprint density at radius 1 is 1.24 bits per heavy atom. The molecule has 1 aliphatic carbocycles. The zero-order chi connectivity index (χ0) is 11.7. The van der Waals surface area contributed by atoms with Crippen LogP contribution in [-0.4, -0.2) is 48.1 Å². The van der Waals surface area contributed by atoms with E-state index in [0.717, 1.165) is 24.0 Å². The second-order valence-electron chi connectivity index (χ2n) is 6.21. The second kappa shape index (κ2) is 5.50.